The van der Waals surface area contributed by atoms with Gasteiger partial charge in [-0.2, -0.15) is 0 Å². The second-order valence-corrected chi connectivity index (χ2v) is 3.66. The maximum atomic E-state index is 11.5. The van der Waals surface area contributed by atoms with Gasteiger partial charge in [0, 0.05) is 17.7 Å². The minimum Gasteiger partial charge on any atom is -0.508 e. The van der Waals surface area contributed by atoms with Gasteiger partial charge in [0.15, 0.2) is 0 Å². The highest BCUT2D eigenvalue weighted by molar-refractivity contribution is 5.92. The van der Waals surface area contributed by atoms with Crippen LogP contribution in [0.15, 0.2) is 24.3 Å². The van der Waals surface area contributed by atoms with Gasteiger partial charge in [-0.05, 0) is 31.1 Å². The summed E-state index contributed by atoms with van der Waals surface area (Å²) in [6, 6.07) is 4.80. The van der Waals surface area contributed by atoms with Gasteiger partial charge in [0.2, 0.25) is 0 Å². The van der Waals surface area contributed by atoms with Crippen LogP contribution in [0.1, 0.15) is 25.8 Å². The van der Waals surface area contributed by atoms with Gasteiger partial charge in [0.1, 0.15) is 11.5 Å². The topological polar surface area (TPSA) is 55.8 Å². The molecule has 0 amide bonds. The molecule has 1 N–H and O–H groups in total. The van der Waals surface area contributed by atoms with Gasteiger partial charge < -0.3 is 14.6 Å². The molecule has 0 spiro atoms. The van der Waals surface area contributed by atoms with Crippen LogP contribution in [0.5, 0.6) is 11.5 Å². The molecule has 98 valence electrons. The number of esters is 1. The number of carbonyl (C=O) groups is 1. The van der Waals surface area contributed by atoms with E-state index in [-0.39, 0.29) is 11.7 Å². The Morgan fingerprint density at radius 3 is 2.67 bits per heavy atom. The van der Waals surface area contributed by atoms with E-state index in [0.29, 0.717) is 18.8 Å². The molecule has 0 unspecified atom stereocenters. The second kappa shape index (κ2) is 6.69. The van der Waals surface area contributed by atoms with Gasteiger partial charge in [-0.3, -0.25) is 0 Å². The molecule has 0 heterocycles. The number of rotatable bonds is 5. The average molecular weight is 250 g/mol. The van der Waals surface area contributed by atoms with Crippen molar-refractivity contribution in [1.29, 1.82) is 0 Å². The quantitative estimate of drug-likeness (QED) is 0.645. The average Bonchev–Trinajstić information content (AvgIpc) is 2.36. The van der Waals surface area contributed by atoms with Crippen LogP contribution in [0.2, 0.25) is 0 Å². The van der Waals surface area contributed by atoms with Crippen LogP contribution in [-0.4, -0.2) is 24.8 Å². The van der Waals surface area contributed by atoms with Crippen LogP contribution < -0.4 is 4.74 Å². The number of ether oxygens (including phenoxy) is 2. The van der Waals surface area contributed by atoms with Crippen LogP contribution >= 0.6 is 0 Å². The van der Waals surface area contributed by atoms with E-state index in [1.165, 1.54) is 19.3 Å². The van der Waals surface area contributed by atoms with Gasteiger partial charge >= 0.3 is 5.97 Å². The molecule has 4 nitrogen and oxygen atoms in total. The largest absolute Gasteiger partial charge is 0.508 e. The molecular formula is C14H18O4. The molecule has 4 heteroatoms. The van der Waals surface area contributed by atoms with Crippen LogP contribution in [0, 0.1) is 0 Å². The highest BCUT2D eigenvalue weighted by Crippen LogP contribution is 2.31. The Balaban J connectivity index is 3.12. The molecule has 0 atom stereocenters. The summed E-state index contributed by atoms with van der Waals surface area (Å²) in [4.78, 5) is 11.5. The third-order valence-electron chi connectivity index (χ3n) is 2.49. The molecule has 0 fully saturated rings. The molecule has 0 aliphatic carbocycles. The first kappa shape index (κ1) is 14.1. The van der Waals surface area contributed by atoms with E-state index in [0.717, 1.165) is 11.1 Å². The summed E-state index contributed by atoms with van der Waals surface area (Å²) in [5.41, 5.74) is 1.59. The van der Waals surface area contributed by atoms with Gasteiger partial charge in [-0.25, -0.2) is 4.79 Å². The molecule has 0 saturated heterocycles. The Labute approximate surface area is 107 Å². The van der Waals surface area contributed by atoms with Gasteiger partial charge in [-0.1, -0.05) is 6.92 Å². The zero-order valence-corrected chi connectivity index (χ0v) is 10.9. The molecule has 0 aliphatic heterocycles. The van der Waals surface area contributed by atoms with Crippen LogP contribution in [0.4, 0.5) is 0 Å². The van der Waals surface area contributed by atoms with E-state index in [1.54, 1.807) is 19.1 Å². The van der Waals surface area contributed by atoms with Crippen molar-refractivity contribution in [2.75, 3.05) is 13.7 Å². The van der Waals surface area contributed by atoms with E-state index < -0.39 is 0 Å². The molecule has 0 bridgehead atoms. The predicted octanol–water partition coefficient (Wildman–Crippen LogP) is 2.76. The Hall–Kier alpha value is -1.97. The summed E-state index contributed by atoms with van der Waals surface area (Å²) in [5.74, 6) is 0.291. The van der Waals surface area contributed by atoms with Gasteiger partial charge in [-0.15, -0.1) is 0 Å². The van der Waals surface area contributed by atoms with E-state index in [2.05, 4.69) is 0 Å². The number of phenolic OH excluding ortho intramolecular Hbond substituents is 1. The Kier molecular flexibility index (Phi) is 5.24. The van der Waals surface area contributed by atoms with Gasteiger partial charge in [0.25, 0.3) is 0 Å². The normalized spacial score (nSPS) is 11.2. The fourth-order valence-corrected chi connectivity index (χ4v) is 1.64. The summed E-state index contributed by atoms with van der Waals surface area (Å²) >= 11 is 0. The van der Waals surface area contributed by atoms with Crippen molar-refractivity contribution in [3.63, 3.8) is 0 Å². The van der Waals surface area contributed by atoms with Crippen molar-refractivity contribution in [2.24, 2.45) is 0 Å². The first-order chi connectivity index (χ1) is 8.62. The maximum Gasteiger partial charge on any atom is 0.331 e. The maximum absolute atomic E-state index is 11.5. The molecule has 0 radical (unpaired) electrons. The molecule has 0 saturated carbocycles. The Morgan fingerprint density at radius 2 is 2.11 bits per heavy atom. The fourth-order valence-electron chi connectivity index (χ4n) is 1.64. The zero-order chi connectivity index (χ0) is 13.5. The van der Waals surface area contributed by atoms with E-state index >= 15 is 0 Å². The number of hydrogen-bond acceptors (Lipinski definition) is 4. The molecule has 1 aromatic carbocycles. The number of aromatic hydroxyl groups is 1. The first-order valence-corrected chi connectivity index (χ1v) is 5.87. The molecule has 18 heavy (non-hydrogen) atoms. The number of carbonyl (C=O) groups excluding carboxylic acids is 1. The first-order valence-electron chi connectivity index (χ1n) is 5.87. The Morgan fingerprint density at radius 1 is 1.39 bits per heavy atom. The van der Waals surface area contributed by atoms with E-state index in [9.17, 15) is 9.90 Å². The Bertz CT molecular complexity index is 449. The van der Waals surface area contributed by atoms with Crippen LogP contribution in [0.25, 0.3) is 5.57 Å². The standard InChI is InChI=1S/C14H18O4/c1-4-10(8-14(16)18-5-2)12-7-6-11(15)9-13(12)17-3/h6-9,15H,4-5H2,1-3H3/b10-8+. The lowest BCUT2D eigenvalue weighted by Gasteiger charge is -2.11. The molecule has 1 aromatic rings. The van der Waals surface area contributed by atoms with Crippen molar-refractivity contribution in [2.45, 2.75) is 20.3 Å². The highest BCUT2D eigenvalue weighted by Gasteiger charge is 2.10. The third kappa shape index (κ3) is 3.52. The highest BCUT2D eigenvalue weighted by atomic mass is 16.5. The predicted molar refractivity (Wildman–Crippen MR) is 69.6 cm³/mol. The van der Waals surface area contributed by atoms with Gasteiger partial charge in [0.05, 0.1) is 13.7 Å². The molecule has 0 aromatic heterocycles. The van der Waals surface area contributed by atoms with E-state index in [4.69, 9.17) is 9.47 Å². The fraction of sp³-hybridized carbons (Fsp3) is 0.357. The number of phenols is 1. The van der Waals surface area contributed by atoms with Crippen LogP contribution in [-0.2, 0) is 9.53 Å². The monoisotopic (exact) mass is 250 g/mol. The van der Waals surface area contributed by atoms with Crippen molar-refractivity contribution >= 4 is 11.5 Å². The summed E-state index contributed by atoms with van der Waals surface area (Å²) in [6.45, 7) is 4.05. The van der Waals surface area contributed by atoms with Crippen molar-refractivity contribution < 1.29 is 19.4 Å². The number of hydrogen-bond donors (Lipinski definition) is 1. The van der Waals surface area contributed by atoms with Crippen molar-refractivity contribution in [1.82, 2.24) is 0 Å². The number of benzene rings is 1. The minimum atomic E-state index is -0.371. The zero-order valence-electron chi connectivity index (χ0n) is 10.9. The lowest BCUT2D eigenvalue weighted by Crippen LogP contribution is -2.01. The van der Waals surface area contributed by atoms with Crippen molar-refractivity contribution in [3.8, 4) is 11.5 Å². The van der Waals surface area contributed by atoms with E-state index in [1.807, 2.05) is 6.92 Å². The lowest BCUT2D eigenvalue weighted by atomic mass is 10.0. The molecule has 1 rings (SSSR count). The lowest BCUT2D eigenvalue weighted by molar-refractivity contribution is -0.137. The minimum absolute atomic E-state index is 0.127. The molecular weight excluding hydrogens is 232 g/mol. The molecule has 0 aliphatic rings. The SMILES string of the molecule is CCOC(=O)/C=C(\CC)c1ccc(O)cc1OC. The summed E-state index contributed by atoms with van der Waals surface area (Å²) < 4.78 is 10.1. The third-order valence-corrected chi connectivity index (χ3v) is 2.49. The summed E-state index contributed by atoms with van der Waals surface area (Å²) in [7, 11) is 1.52. The van der Waals surface area contributed by atoms with Crippen LogP contribution in [0.3, 0.4) is 0 Å². The summed E-state index contributed by atoms with van der Waals surface area (Å²) in [6.07, 6.45) is 2.12. The number of methoxy groups -OCH3 is 1. The second-order valence-electron chi connectivity index (χ2n) is 3.66. The summed E-state index contributed by atoms with van der Waals surface area (Å²) in [5, 5.41) is 9.40. The van der Waals surface area contributed by atoms with Crippen molar-refractivity contribution in [3.05, 3.63) is 29.8 Å². The smallest absolute Gasteiger partial charge is 0.331 e. The number of allylic oxidation sites excluding steroid dienone is 1.